The number of anilines is 1. The summed E-state index contributed by atoms with van der Waals surface area (Å²) in [6, 6.07) is 0.371. The molecule has 3 N–H and O–H groups in total. The van der Waals surface area contributed by atoms with Crippen LogP contribution in [0, 0.1) is 12.7 Å². The van der Waals surface area contributed by atoms with E-state index in [4.69, 9.17) is 5.73 Å². The van der Waals surface area contributed by atoms with E-state index in [2.05, 4.69) is 0 Å². The Kier molecular flexibility index (Phi) is 4.86. The minimum atomic E-state index is -1.62. The van der Waals surface area contributed by atoms with Gasteiger partial charge in [-0.2, -0.15) is 0 Å². The molecule has 31 heavy (non-hydrogen) atoms. The standard InChI is InChI=1S/C21H22F3N3O3.ClH/c1-10-16-11(18(28)12(19(29)30)7-27(16)15-6-13(15)22)5-14(23)17(10)26-8-20(24)3-2-4-21(20,25)9-26;/h5,7,13,15H,2-4,6,8-9,25H2,1H3,(H,29,30);1H/t13-,15-,20-,21+;/m0./s1. The summed E-state index contributed by atoms with van der Waals surface area (Å²) in [7, 11) is 0. The first-order valence-electron chi connectivity index (χ1n) is 10.0. The molecule has 0 unspecified atom stereocenters. The Morgan fingerprint density at radius 3 is 2.58 bits per heavy atom. The molecule has 2 aliphatic carbocycles. The highest BCUT2D eigenvalue weighted by molar-refractivity contribution is 5.95. The van der Waals surface area contributed by atoms with Gasteiger partial charge in [-0.3, -0.25) is 4.79 Å². The highest BCUT2D eigenvalue weighted by atomic mass is 35.5. The van der Waals surface area contributed by atoms with E-state index in [-0.39, 0.29) is 48.5 Å². The normalized spacial score (nSPS) is 31.6. The predicted molar refractivity (Wildman–Crippen MR) is 112 cm³/mol. The topological polar surface area (TPSA) is 88.6 Å². The molecule has 0 spiro atoms. The Balaban J connectivity index is 0.00000231. The van der Waals surface area contributed by atoms with Crippen LogP contribution in [-0.4, -0.2) is 46.1 Å². The third-order valence-corrected chi connectivity index (χ3v) is 7.07. The second-order valence-corrected chi connectivity index (χ2v) is 8.96. The van der Waals surface area contributed by atoms with Gasteiger partial charge < -0.3 is 20.3 Å². The molecule has 0 radical (unpaired) electrons. The highest BCUT2D eigenvalue weighted by Crippen LogP contribution is 2.49. The maximum atomic E-state index is 15.4. The number of halogens is 4. The molecule has 2 aromatic rings. The molecule has 1 aromatic heterocycles. The van der Waals surface area contributed by atoms with Gasteiger partial charge in [0.2, 0.25) is 5.43 Å². The number of carbonyl (C=O) groups is 1. The molecule has 0 amide bonds. The zero-order valence-corrected chi connectivity index (χ0v) is 17.6. The summed E-state index contributed by atoms with van der Waals surface area (Å²) in [5, 5.41) is 9.25. The minimum absolute atomic E-state index is 0. The minimum Gasteiger partial charge on any atom is -0.477 e. The monoisotopic (exact) mass is 457 g/mol. The number of carboxylic acid groups (broad SMARTS) is 1. The summed E-state index contributed by atoms with van der Waals surface area (Å²) in [4.78, 5) is 25.8. The lowest BCUT2D eigenvalue weighted by Crippen LogP contribution is -2.53. The maximum absolute atomic E-state index is 15.4. The number of aromatic carboxylic acids is 1. The van der Waals surface area contributed by atoms with Crippen molar-refractivity contribution in [2.45, 2.75) is 56.0 Å². The van der Waals surface area contributed by atoms with Crippen molar-refractivity contribution in [2.24, 2.45) is 5.73 Å². The van der Waals surface area contributed by atoms with Crippen LogP contribution in [0.4, 0.5) is 18.9 Å². The number of hydrogen-bond donors (Lipinski definition) is 2. The van der Waals surface area contributed by atoms with Gasteiger partial charge in [-0.25, -0.2) is 18.0 Å². The Morgan fingerprint density at radius 1 is 1.32 bits per heavy atom. The van der Waals surface area contributed by atoms with Gasteiger partial charge in [0, 0.05) is 24.5 Å². The molecule has 6 nitrogen and oxygen atoms in total. The average Bonchev–Trinajstić information content (AvgIpc) is 3.22. The number of nitrogens with zero attached hydrogens (tertiary/aromatic N) is 2. The van der Waals surface area contributed by atoms with Gasteiger partial charge >= 0.3 is 5.97 Å². The van der Waals surface area contributed by atoms with E-state index in [1.807, 2.05) is 0 Å². The first kappa shape index (κ1) is 22.0. The molecule has 168 valence electrons. The Bertz CT molecular complexity index is 1150. The third kappa shape index (κ3) is 2.96. The molecule has 10 heteroatoms. The number of nitrogens with two attached hydrogens (primary N) is 1. The maximum Gasteiger partial charge on any atom is 0.341 e. The summed E-state index contributed by atoms with van der Waals surface area (Å²) in [5.74, 6) is -2.20. The average molecular weight is 458 g/mol. The molecule has 2 heterocycles. The van der Waals surface area contributed by atoms with Gasteiger partial charge in [-0.1, -0.05) is 0 Å². The van der Waals surface area contributed by atoms with Crippen LogP contribution in [0.25, 0.3) is 10.9 Å². The Labute approximate surface area is 182 Å². The second kappa shape index (κ2) is 6.87. The lowest BCUT2D eigenvalue weighted by Gasteiger charge is -2.27. The van der Waals surface area contributed by atoms with Crippen LogP contribution in [0.2, 0.25) is 0 Å². The fourth-order valence-electron chi connectivity index (χ4n) is 5.38. The molecule has 1 saturated heterocycles. The first-order chi connectivity index (χ1) is 14.1. The predicted octanol–water partition coefficient (Wildman–Crippen LogP) is 3.26. The second-order valence-electron chi connectivity index (χ2n) is 8.96. The molecule has 3 fully saturated rings. The van der Waals surface area contributed by atoms with E-state index in [1.165, 1.54) is 4.57 Å². The molecule has 3 aliphatic rings. The zero-order valence-electron chi connectivity index (χ0n) is 16.8. The first-order valence-corrected chi connectivity index (χ1v) is 10.0. The van der Waals surface area contributed by atoms with E-state index < -0.39 is 46.2 Å². The largest absolute Gasteiger partial charge is 0.477 e. The van der Waals surface area contributed by atoms with Crippen molar-refractivity contribution in [1.82, 2.24) is 4.57 Å². The Hall–Kier alpha value is -2.26. The fourth-order valence-corrected chi connectivity index (χ4v) is 5.38. The summed E-state index contributed by atoms with van der Waals surface area (Å²) in [6.45, 7) is 1.67. The number of rotatable bonds is 3. The number of fused-ring (bicyclic) bond motifs is 2. The quantitative estimate of drug-likeness (QED) is 0.738. The molecular weight excluding hydrogens is 435 g/mol. The van der Waals surface area contributed by atoms with E-state index in [1.54, 1.807) is 11.8 Å². The van der Waals surface area contributed by atoms with Crippen LogP contribution in [0.1, 0.15) is 47.6 Å². The molecule has 1 aliphatic heterocycles. The van der Waals surface area contributed by atoms with Gasteiger partial charge in [0.15, 0.2) is 0 Å². The van der Waals surface area contributed by atoms with E-state index >= 15 is 8.78 Å². The van der Waals surface area contributed by atoms with Crippen LogP contribution in [0.15, 0.2) is 17.1 Å². The number of aromatic nitrogens is 1. The summed E-state index contributed by atoms with van der Waals surface area (Å²) in [6.07, 6.45) is 1.65. The van der Waals surface area contributed by atoms with Crippen molar-refractivity contribution in [3.8, 4) is 0 Å². The number of benzene rings is 1. The van der Waals surface area contributed by atoms with Crippen LogP contribution in [0.3, 0.4) is 0 Å². The molecule has 4 atom stereocenters. The molecule has 0 bridgehead atoms. The summed E-state index contributed by atoms with van der Waals surface area (Å²) < 4.78 is 45.9. The van der Waals surface area contributed by atoms with Crippen molar-refractivity contribution in [1.29, 1.82) is 0 Å². The van der Waals surface area contributed by atoms with Crippen molar-refractivity contribution in [2.75, 3.05) is 18.0 Å². The van der Waals surface area contributed by atoms with Crippen molar-refractivity contribution in [3.05, 3.63) is 39.4 Å². The number of pyridine rings is 1. The van der Waals surface area contributed by atoms with Crippen molar-refractivity contribution in [3.63, 3.8) is 0 Å². The van der Waals surface area contributed by atoms with Crippen molar-refractivity contribution >= 4 is 35.0 Å². The van der Waals surface area contributed by atoms with E-state index in [9.17, 15) is 19.1 Å². The summed E-state index contributed by atoms with van der Waals surface area (Å²) >= 11 is 0. The number of hydrogen-bond acceptors (Lipinski definition) is 4. The third-order valence-electron chi connectivity index (χ3n) is 7.07. The van der Waals surface area contributed by atoms with Crippen LogP contribution in [0.5, 0.6) is 0 Å². The number of aryl methyl sites for hydroxylation is 1. The van der Waals surface area contributed by atoms with Gasteiger partial charge in [0.05, 0.1) is 29.3 Å². The summed E-state index contributed by atoms with van der Waals surface area (Å²) in [5.41, 5.74) is 3.04. The van der Waals surface area contributed by atoms with Gasteiger partial charge in [0.25, 0.3) is 0 Å². The van der Waals surface area contributed by atoms with E-state index in [0.29, 0.717) is 24.8 Å². The van der Waals surface area contributed by atoms with Crippen molar-refractivity contribution < 1.29 is 23.1 Å². The van der Waals surface area contributed by atoms with Gasteiger partial charge in [0.1, 0.15) is 23.2 Å². The molecule has 2 saturated carbocycles. The molecule has 1 aromatic carbocycles. The smallest absolute Gasteiger partial charge is 0.341 e. The van der Waals surface area contributed by atoms with Crippen LogP contribution < -0.4 is 16.1 Å². The lowest BCUT2D eigenvalue weighted by molar-refractivity contribution is 0.0694. The zero-order chi connectivity index (χ0) is 21.6. The SMILES string of the molecule is Cc1c(N2C[C@]3(N)CCC[C@]3(F)C2)c(F)cc2c(=O)c(C(=O)O)cn([C@H]3C[C@@H]3F)c12.Cl. The molecular formula is C21H23ClF3N3O3. The van der Waals surface area contributed by atoms with Gasteiger partial charge in [-0.15, -0.1) is 12.4 Å². The lowest BCUT2D eigenvalue weighted by atomic mass is 9.89. The highest BCUT2D eigenvalue weighted by Gasteiger charge is 2.60. The fraction of sp³-hybridized carbons (Fsp3) is 0.524. The Morgan fingerprint density at radius 2 is 2.00 bits per heavy atom. The van der Waals surface area contributed by atoms with Crippen LogP contribution >= 0.6 is 12.4 Å². The number of alkyl halides is 2. The van der Waals surface area contributed by atoms with E-state index in [0.717, 1.165) is 12.3 Å². The van der Waals surface area contributed by atoms with Crippen LogP contribution in [-0.2, 0) is 0 Å². The molecule has 5 rings (SSSR count). The van der Waals surface area contributed by atoms with Gasteiger partial charge in [-0.05, 0) is 37.8 Å². The number of carboxylic acids is 1.